The van der Waals surface area contributed by atoms with E-state index in [1.54, 1.807) is 6.07 Å². The minimum atomic E-state index is 0.0657. The molecule has 2 aliphatic rings. The van der Waals surface area contributed by atoms with E-state index in [1.807, 2.05) is 6.07 Å². The maximum absolute atomic E-state index is 9.97. The van der Waals surface area contributed by atoms with Gasteiger partial charge in [0.05, 0.1) is 5.60 Å². The van der Waals surface area contributed by atoms with Crippen LogP contribution in [0.25, 0.3) is 0 Å². The van der Waals surface area contributed by atoms with Crippen LogP contribution in [-0.2, 0) is 11.2 Å². The van der Waals surface area contributed by atoms with Crippen LogP contribution in [0.5, 0.6) is 5.75 Å². The van der Waals surface area contributed by atoms with Crippen molar-refractivity contribution in [3.05, 3.63) is 29.3 Å². The Morgan fingerprint density at radius 3 is 2.86 bits per heavy atom. The molecule has 1 aromatic carbocycles. The van der Waals surface area contributed by atoms with E-state index >= 15 is 0 Å². The van der Waals surface area contributed by atoms with Crippen molar-refractivity contribution in [2.24, 2.45) is 0 Å². The quantitative estimate of drug-likeness (QED) is 0.888. The smallest absolute Gasteiger partial charge is 0.119 e. The second kappa shape index (κ2) is 5.98. The van der Waals surface area contributed by atoms with Crippen LogP contribution in [0.3, 0.4) is 0 Å². The molecule has 2 unspecified atom stereocenters. The van der Waals surface area contributed by atoms with Crippen LogP contribution in [0.15, 0.2) is 18.2 Å². The molecule has 3 rings (SSSR count). The first-order chi connectivity index (χ1) is 10.2. The minimum absolute atomic E-state index is 0.0657. The summed E-state index contributed by atoms with van der Waals surface area (Å²) in [5.74, 6) is 0.459. The Morgan fingerprint density at radius 2 is 2.10 bits per heavy atom. The van der Waals surface area contributed by atoms with Crippen LogP contribution < -0.4 is 5.32 Å². The van der Waals surface area contributed by atoms with Crippen molar-refractivity contribution in [2.75, 3.05) is 6.61 Å². The second-order valence-corrected chi connectivity index (χ2v) is 6.53. The highest BCUT2D eigenvalue weighted by atomic mass is 16.5. The summed E-state index contributed by atoms with van der Waals surface area (Å²) in [5.41, 5.74) is 2.50. The molecule has 0 spiro atoms. The maximum atomic E-state index is 9.97. The van der Waals surface area contributed by atoms with Crippen LogP contribution >= 0.6 is 0 Å². The van der Waals surface area contributed by atoms with Gasteiger partial charge in [-0.15, -0.1) is 0 Å². The lowest BCUT2D eigenvalue weighted by molar-refractivity contribution is -0.0941. The molecule has 1 saturated heterocycles. The lowest BCUT2D eigenvalue weighted by Crippen LogP contribution is -2.47. The molecule has 1 fully saturated rings. The first-order valence-electron chi connectivity index (χ1n) is 8.38. The summed E-state index contributed by atoms with van der Waals surface area (Å²) in [7, 11) is 0. The molecule has 21 heavy (non-hydrogen) atoms. The zero-order valence-corrected chi connectivity index (χ0v) is 13.2. The Morgan fingerprint density at radius 1 is 1.29 bits per heavy atom. The number of fused-ring (bicyclic) bond motifs is 1. The van der Waals surface area contributed by atoms with Gasteiger partial charge in [-0.25, -0.2) is 0 Å². The van der Waals surface area contributed by atoms with E-state index in [4.69, 9.17) is 4.74 Å². The summed E-state index contributed by atoms with van der Waals surface area (Å²) in [6, 6.07) is 6.83. The zero-order chi connectivity index (χ0) is 14.9. The molecular formula is C18H27NO2. The molecule has 0 amide bonds. The van der Waals surface area contributed by atoms with Crippen molar-refractivity contribution >= 4 is 0 Å². The van der Waals surface area contributed by atoms with Gasteiger partial charge in [0, 0.05) is 18.7 Å². The van der Waals surface area contributed by atoms with Crippen molar-refractivity contribution < 1.29 is 9.84 Å². The summed E-state index contributed by atoms with van der Waals surface area (Å²) in [4.78, 5) is 0. The number of aromatic hydroxyl groups is 1. The first-order valence-corrected chi connectivity index (χ1v) is 8.38. The van der Waals surface area contributed by atoms with Gasteiger partial charge in [0.2, 0.25) is 0 Å². The van der Waals surface area contributed by atoms with Crippen molar-refractivity contribution in [2.45, 2.75) is 70.1 Å². The Bertz CT molecular complexity index is 496. The first kappa shape index (κ1) is 14.9. The van der Waals surface area contributed by atoms with E-state index in [1.165, 1.54) is 5.56 Å². The average Bonchev–Trinajstić information content (AvgIpc) is 2.92. The lowest BCUT2D eigenvalue weighted by atomic mass is 9.85. The van der Waals surface area contributed by atoms with Gasteiger partial charge in [-0.3, -0.25) is 0 Å². The highest BCUT2D eigenvalue weighted by Gasteiger charge is 2.36. The summed E-state index contributed by atoms with van der Waals surface area (Å²) in [6.45, 7) is 5.32. The Labute approximate surface area is 127 Å². The Kier molecular flexibility index (Phi) is 4.23. The van der Waals surface area contributed by atoms with Crippen molar-refractivity contribution in [3.8, 4) is 5.75 Å². The number of phenols is 1. The summed E-state index contributed by atoms with van der Waals surface area (Å²) >= 11 is 0. The summed E-state index contributed by atoms with van der Waals surface area (Å²) in [5, 5.41) is 13.8. The van der Waals surface area contributed by atoms with Crippen molar-refractivity contribution in [1.29, 1.82) is 0 Å². The predicted molar refractivity (Wildman–Crippen MR) is 84.6 cm³/mol. The number of hydrogen-bond acceptors (Lipinski definition) is 3. The molecule has 1 aliphatic heterocycles. The zero-order valence-electron chi connectivity index (χ0n) is 13.2. The van der Waals surface area contributed by atoms with Gasteiger partial charge in [-0.1, -0.05) is 26.0 Å². The maximum Gasteiger partial charge on any atom is 0.119 e. The highest BCUT2D eigenvalue weighted by molar-refractivity contribution is 5.44. The van der Waals surface area contributed by atoms with Crippen LogP contribution in [0.2, 0.25) is 0 Å². The largest absolute Gasteiger partial charge is 0.508 e. The number of rotatable bonds is 4. The van der Waals surface area contributed by atoms with E-state index in [-0.39, 0.29) is 5.60 Å². The van der Waals surface area contributed by atoms with Gasteiger partial charge >= 0.3 is 0 Å². The fourth-order valence-corrected chi connectivity index (χ4v) is 4.01. The molecule has 0 aromatic heterocycles. The third-order valence-electron chi connectivity index (χ3n) is 5.46. The molecule has 1 heterocycles. The van der Waals surface area contributed by atoms with Gasteiger partial charge < -0.3 is 15.2 Å². The highest BCUT2D eigenvalue weighted by Crippen LogP contribution is 2.38. The van der Waals surface area contributed by atoms with E-state index in [9.17, 15) is 5.11 Å². The second-order valence-electron chi connectivity index (χ2n) is 6.53. The molecule has 0 bridgehead atoms. The predicted octanol–water partition coefficient (Wildman–Crippen LogP) is 3.71. The number of phenolic OH excluding ortho intramolecular Hbond substituents is 1. The van der Waals surface area contributed by atoms with Crippen LogP contribution in [0.4, 0.5) is 0 Å². The van der Waals surface area contributed by atoms with Crippen molar-refractivity contribution in [3.63, 3.8) is 0 Å². The number of ether oxygens (including phenoxy) is 1. The fraction of sp³-hybridized carbons (Fsp3) is 0.667. The average molecular weight is 289 g/mol. The summed E-state index contributed by atoms with van der Waals surface area (Å²) < 4.78 is 6.07. The molecule has 116 valence electrons. The number of hydrogen-bond donors (Lipinski definition) is 2. The van der Waals surface area contributed by atoms with E-state index in [0.717, 1.165) is 50.7 Å². The van der Waals surface area contributed by atoms with Crippen LogP contribution in [0.1, 0.15) is 63.1 Å². The molecule has 2 N–H and O–H groups in total. The van der Waals surface area contributed by atoms with Gasteiger partial charge in [0.15, 0.2) is 0 Å². The molecule has 0 radical (unpaired) electrons. The Hall–Kier alpha value is -1.06. The van der Waals surface area contributed by atoms with Crippen LogP contribution in [-0.4, -0.2) is 23.4 Å². The molecular weight excluding hydrogens is 262 g/mol. The third kappa shape index (κ3) is 2.82. The van der Waals surface area contributed by atoms with E-state index < -0.39 is 0 Å². The third-order valence-corrected chi connectivity index (χ3v) is 5.46. The fourth-order valence-electron chi connectivity index (χ4n) is 4.01. The van der Waals surface area contributed by atoms with Crippen LogP contribution in [0, 0.1) is 0 Å². The molecule has 3 nitrogen and oxygen atoms in total. The van der Waals surface area contributed by atoms with E-state index in [2.05, 4.69) is 25.2 Å². The summed E-state index contributed by atoms with van der Waals surface area (Å²) in [6.07, 6.45) is 6.44. The lowest BCUT2D eigenvalue weighted by Gasteiger charge is -2.41. The van der Waals surface area contributed by atoms with Crippen molar-refractivity contribution in [1.82, 2.24) is 5.32 Å². The molecule has 0 saturated carbocycles. The van der Waals surface area contributed by atoms with Gasteiger partial charge in [-0.2, -0.15) is 0 Å². The monoisotopic (exact) mass is 289 g/mol. The van der Waals surface area contributed by atoms with Gasteiger partial charge in [0.1, 0.15) is 5.75 Å². The standard InChI is InChI=1S/C18H27NO2/c1-3-18(4-2)12-13(10-11-21-18)19-16-9-8-15-14(16)6-5-7-17(15)20/h5-7,13,16,19-20H,3-4,8-12H2,1-2H3. The van der Waals surface area contributed by atoms with Gasteiger partial charge in [0.25, 0.3) is 0 Å². The molecule has 2 atom stereocenters. The number of nitrogens with one attached hydrogen (secondary N) is 1. The normalized spacial score (nSPS) is 27.5. The van der Waals surface area contributed by atoms with E-state index in [0.29, 0.717) is 17.8 Å². The molecule has 3 heteroatoms. The molecule has 1 aliphatic carbocycles. The minimum Gasteiger partial charge on any atom is -0.508 e. The molecule has 1 aromatic rings. The van der Waals surface area contributed by atoms with Gasteiger partial charge in [-0.05, 0) is 55.7 Å². The Balaban J connectivity index is 1.70. The topological polar surface area (TPSA) is 41.5 Å². The number of benzene rings is 1. The SMILES string of the molecule is CCC1(CC)CC(NC2CCc3c(O)cccc32)CCO1.